The van der Waals surface area contributed by atoms with Crippen molar-refractivity contribution >= 4 is 14.6 Å². The van der Waals surface area contributed by atoms with Gasteiger partial charge in [-0.2, -0.15) is 0 Å². The summed E-state index contributed by atoms with van der Waals surface area (Å²) in [5, 5.41) is 0. The Bertz CT molecular complexity index is 288. The molecule has 0 N–H and O–H groups in total. The second-order valence-electron chi connectivity index (χ2n) is 3.14. The molecule has 0 saturated heterocycles. The Morgan fingerprint density at radius 1 is 1.25 bits per heavy atom. The Labute approximate surface area is 75.1 Å². The summed E-state index contributed by atoms with van der Waals surface area (Å²) in [7, 11) is 5.09. The normalized spacial score (nSPS) is 19.7. The van der Waals surface area contributed by atoms with E-state index >= 15 is 0 Å². The van der Waals surface area contributed by atoms with Gasteiger partial charge >= 0.3 is 0 Å². The van der Waals surface area contributed by atoms with Gasteiger partial charge in [0.05, 0.1) is 8.88 Å². The predicted molar refractivity (Wildman–Crippen MR) is 54.6 cm³/mol. The summed E-state index contributed by atoms with van der Waals surface area (Å²) in [4.78, 5) is 0. The molecule has 0 bridgehead atoms. The van der Waals surface area contributed by atoms with Gasteiger partial charge in [-0.15, -0.1) is 0 Å². The smallest absolute Gasteiger partial charge is 0.0515 e. The Morgan fingerprint density at radius 2 is 2.00 bits per heavy atom. The third-order valence-corrected chi connectivity index (χ3v) is 3.12. The van der Waals surface area contributed by atoms with Crippen LogP contribution in [0.25, 0.3) is 0 Å². The molecule has 0 aromatic heterocycles. The molecule has 1 aromatic rings. The standard InChI is InChI=1S/C9H13N2P/c1-10-7-8-5-3-4-6-9(8)11(2)12-10/h3-6,12H,7H2,1-2H3. The lowest BCUT2D eigenvalue weighted by Crippen LogP contribution is -2.22. The van der Waals surface area contributed by atoms with Crippen molar-refractivity contribution in [2.75, 3.05) is 18.8 Å². The van der Waals surface area contributed by atoms with Crippen molar-refractivity contribution in [1.29, 1.82) is 0 Å². The van der Waals surface area contributed by atoms with Crippen molar-refractivity contribution in [3.8, 4) is 0 Å². The molecule has 2 rings (SSSR count). The van der Waals surface area contributed by atoms with Gasteiger partial charge in [-0.05, 0) is 18.7 Å². The van der Waals surface area contributed by atoms with Crippen LogP contribution >= 0.6 is 8.88 Å². The summed E-state index contributed by atoms with van der Waals surface area (Å²) in [5.74, 6) is 0. The fourth-order valence-corrected chi connectivity index (χ4v) is 2.65. The van der Waals surface area contributed by atoms with Crippen LogP contribution in [0.4, 0.5) is 5.69 Å². The first kappa shape index (κ1) is 8.03. The topological polar surface area (TPSA) is 6.48 Å². The van der Waals surface area contributed by atoms with Gasteiger partial charge in [-0.25, -0.2) is 0 Å². The number of hydrogen-bond donors (Lipinski definition) is 0. The van der Waals surface area contributed by atoms with E-state index in [-0.39, 0.29) is 0 Å². The highest BCUT2D eigenvalue weighted by atomic mass is 31.1. The molecule has 1 atom stereocenters. The molecule has 3 heteroatoms. The van der Waals surface area contributed by atoms with E-state index in [4.69, 9.17) is 0 Å². The van der Waals surface area contributed by atoms with Crippen LogP contribution in [-0.4, -0.2) is 18.8 Å². The van der Waals surface area contributed by atoms with Crippen LogP contribution in [0.3, 0.4) is 0 Å². The van der Waals surface area contributed by atoms with Crippen LogP contribution in [0, 0.1) is 0 Å². The van der Waals surface area contributed by atoms with Crippen LogP contribution in [0.15, 0.2) is 24.3 Å². The van der Waals surface area contributed by atoms with Gasteiger partial charge in [0.25, 0.3) is 0 Å². The van der Waals surface area contributed by atoms with Crippen LogP contribution in [0.5, 0.6) is 0 Å². The van der Waals surface area contributed by atoms with Crippen molar-refractivity contribution < 1.29 is 0 Å². The molecule has 1 unspecified atom stereocenters. The molecule has 12 heavy (non-hydrogen) atoms. The molecular formula is C9H13N2P. The van der Waals surface area contributed by atoms with Crippen molar-refractivity contribution in [2.45, 2.75) is 6.54 Å². The number of nitrogens with zero attached hydrogens (tertiary/aromatic N) is 2. The highest BCUT2D eigenvalue weighted by molar-refractivity contribution is 7.37. The minimum atomic E-state index is 0.783. The van der Waals surface area contributed by atoms with Gasteiger partial charge in [0, 0.05) is 19.3 Å². The number of hydrogen-bond acceptors (Lipinski definition) is 2. The first-order valence-corrected chi connectivity index (χ1v) is 4.96. The molecular weight excluding hydrogens is 167 g/mol. The number of rotatable bonds is 0. The van der Waals surface area contributed by atoms with Crippen molar-refractivity contribution in [3.05, 3.63) is 29.8 Å². The Balaban J connectivity index is 2.40. The third kappa shape index (κ3) is 1.33. The fourth-order valence-electron chi connectivity index (χ4n) is 1.57. The Hall–Kier alpha value is -0.590. The molecule has 0 radical (unpaired) electrons. The third-order valence-electron chi connectivity index (χ3n) is 2.08. The van der Waals surface area contributed by atoms with Gasteiger partial charge in [-0.3, -0.25) is 4.67 Å². The average molecular weight is 180 g/mol. The summed E-state index contributed by atoms with van der Waals surface area (Å²) in [6.45, 7) is 1.08. The molecule has 1 aromatic carbocycles. The second kappa shape index (κ2) is 3.04. The number of anilines is 1. The number of para-hydroxylation sites is 1. The lowest BCUT2D eigenvalue weighted by Gasteiger charge is -2.33. The number of fused-ring (bicyclic) bond motifs is 1. The summed E-state index contributed by atoms with van der Waals surface area (Å²) in [6.07, 6.45) is 0. The monoisotopic (exact) mass is 180 g/mol. The zero-order valence-corrected chi connectivity index (χ0v) is 8.41. The first-order valence-electron chi connectivity index (χ1n) is 4.06. The van der Waals surface area contributed by atoms with E-state index < -0.39 is 0 Å². The molecule has 1 heterocycles. The van der Waals surface area contributed by atoms with E-state index in [1.54, 1.807) is 0 Å². The molecule has 1 aliphatic heterocycles. The van der Waals surface area contributed by atoms with E-state index in [9.17, 15) is 0 Å². The summed E-state index contributed by atoms with van der Waals surface area (Å²) < 4.78 is 4.64. The average Bonchev–Trinajstić information content (AvgIpc) is 2.04. The Kier molecular flexibility index (Phi) is 2.03. The molecule has 0 fully saturated rings. The van der Waals surface area contributed by atoms with Crippen LogP contribution < -0.4 is 4.67 Å². The Morgan fingerprint density at radius 3 is 2.83 bits per heavy atom. The number of benzene rings is 1. The van der Waals surface area contributed by atoms with E-state index in [0.29, 0.717) is 0 Å². The highest BCUT2D eigenvalue weighted by Gasteiger charge is 2.15. The van der Waals surface area contributed by atoms with Gasteiger partial charge in [0.15, 0.2) is 0 Å². The lowest BCUT2D eigenvalue weighted by molar-refractivity contribution is 0.545. The summed E-state index contributed by atoms with van der Waals surface area (Å²) in [5.41, 5.74) is 2.81. The lowest BCUT2D eigenvalue weighted by atomic mass is 10.2. The van der Waals surface area contributed by atoms with Crippen LogP contribution in [-0.2, 0) is 6.54 Å². The zero-order chi connectivity index (χ0) is 8.55. The van der Waals surface area contributed by atoms with Gasteiger partial charge in [-0.1, -0.05) is 18.2 Å². The molecule has 64 valence electrons. The van der Waals surface area contributed by atoms with Gasteiger partial charge in [0.2, 0.25) is 0 Å². The SMILES string of the molecule is CN1Cc2ccccc2N(C)P1. The van der Waals surface area contributed by atoms with Crippen molar-refractivity contribution in [1.82, 2.24) is 4.67 Å². The minimum absolute atomic E-state index is 0.783. The quantitative estimate of drug-likeness (QED) is 0.564. The van der Waals surface area contributed by atoms with Crippen LogP contribution in [0.1, 0.15) is 5.56 Å². The van der Waals surface area contributed by atoms with E-state index in [1.807, 2.05) is 0 Å². The van der Waals surface area contributed by atoms with E-state index in [1.165, 1.54) is 11.3 Å². The van der Waals surface area contributed by atoms with Gasteiger partial charge < -0.3 is 4.67 Å². The molecule has 0 amide bonds. The van der Waals surface area contributed by atoms with E-state index in [2.05, 4.69) is 47.7 Å². The van der Waals surface area contributed by atoms with Crippen LogP contribution in [0.2, 0.25) is 0 Å². The summed E-state index contributed by atoms with van der Waals surface area (Å²) >= 11 is 0. The molecule has 1 aliphatic rings. The largest absolute Gasteiger partial charge is 0.343 e. The second-order valence-corrected chi connectivity index (χ2v) is 4.78. The van der Waals surface area contributed by atoms with Crippen molar-refractivity contribution in [2.24, 2.45) is 0 Å². The molecule has 0 aliphatic carbocycles. The maximum absolute atomic E-state index is 2.34. The molecule has 0 spiro atoms. The highest BCUT2D eigenvalue weighted by Crippen LogP contribution is 2.36. The summed E-state index contributed by atoms with van der Waals surface area (Å²) in [6, 6.07) is 8.60. The minimum Gasteiger partial charge on any atom is -0.343 e. The maximum Gasteiger partial charge on any atom is 0.0515 e. The van der Waals surface area contributed by atoms with E-state index in [0.717, 1.165) is 15.4 Å². The van der Waals surface area contributed by atoms with Crippen molar-refractivity contribution in [3.63, 3.8) is 0 Å². The predicted octanol–water partition coefficient (Wildman–Crippen LogP) is 2.08. The molecule has 2 nitrogen and oxygen atoms in total. The zero-order valence-electron chi connectivity index (χ0n) is 7.41. The fraction of sp³-hybridized carbons (Fsp3) is 0.333. The van der Waals surface area contributed by atoms with Gasteiger partial charge in [0.1, 0.15) is 0 Å². The first-order chi connectivity index (χ1) is 5.77. The molecule has 0 saturated carbocycles. The maximum atomic E-state index is 2.34.